The molecule has 6 heterocycles. The number of carbonyl (C=O) groups is 1. The standard InChI is InChI=1S/C78H78O3S6/c1-7-47-78(48-8-2)63-51-57(67-37-41-71(84-67)75-45-43-73(86-75)69-39-35-65(82-69)55-25-23-54(24-26-55)50-53(9-3)10-4)29-33-61(63)62-34-30-58(52-64(62)78)68-38-42-72(85-68)76-46-44-74(87-76)70-40-36-66(83-70)56-27-31-60(32-28-56)80-49-21-19-17-15-13-14-16-18-20-22-77(79)81-59(11-5)12-6/h9-12,23-46,51-53,59H,3-8,13-22,47-50H2,1-2H3. The molecule has 0 bridgehead atoms. The minimum atomic E-state index is -0.388. The number of benzene rings is 4. The Morgan fingerprint density at radius 1 is 0.425 bits per heavy atom. The second kappa shape index (κ2) is 29.5. The van der Waals surface area contributed by atoms with E-state index in [1.54, 1.807) is 12.2 Å². The van der Waals surface area contributed by atoms with E-state index >= 15 is 0 Å². The van der Waals surface area contributed by atoms with E-state index in [1.807, 2.05) is 80.2 Å². The fourth-order valence-corrected chi connectivity index (χ4v) is 18.7. The maximum atomic E-state index is 11.9. The van der Waals surface area contributed by atoms with Crippen LogP contribution in [0.3, 0.4) is 0 Å². The first-order valence-electron chi connectivity index (χ1n) is 31.1. The Morgan fingerprint density at radius 2 is 0.782 bits per heavy atom. The van der Waals surface area contributed by atoms with Crippen LogP contribution in [-0.4, -0.2) is 18.7 Å². The van der Waals surface area contributed by atoms with Gasteiger partial charge in [0.2, 0.25) is 0 Å². The molecule has 0 N–H and O–H groups in total. The maximum absolute atomic E-state index is 11.9. The summed E-state index contributed by atoms with van der Waals surface area (Å²) in [7, 11) is 0. The van der Waals surface area contributed by atoms with Crippen molar-refractivity contribution in [1.29, 1.82) is 0 Å². The van der Waals surface area contributed by atoms with Crippen LogP contribution in [0.4, 0.5) is 0 Å². The van der Waals surface area contributed by atoms with Crippen LogP contribution in [0, 0.1) is 5.92 Å². The van der Waals surface area contributed by atoms with Gasteiger partial charge in [0.15, 0.2) is 0 Å². The van der Waals surface area contributed by atoms with Crippen LogP contribution in [0.1, 0.15) is 120 Å². The summed E-state index contributed by atoms with van der Waals surface area (Å²) in [4.78, 5) is 27.6. The summed E-state index contributed by atoms with van der Waals surface area (Å²) >= 11 is 11.3. The van der Waals surface area contributed by atoms with E-state index in [2.05, 4.69) is 198 Å². The van der Waals surface area contributed by atoms with Crippen molar-refractivity contribution in [3.8, 4) is 97.7 Å². The van der Waals surface area contributed by atoms with Gasteiger partial charge in [-0.2, -0.15) is 0 Å². The molecule has 3 nitrogen and oxygen atoms in total. The Kier molecular flexibility index (Phi) is 21.0. The summed E-state index contributed by atoms with van der Waals surface area (Å²) in [6, 6.07) is 59.9. The van der Waals surface area contributed by atoms with Crippen molar-refractivity contribution in [2.75, 3.05) is 6.61 Å². The normalized spacial score (nSPS) is 12.4. The monoisotopic (exact) mass is 1250 g/mol. The molecule has 0 unspecified atom stereocenters. The summed E-state index contributed by atoms with van der Waals surface area (Å²) in [5.74, 6) is 1.06. The quantitative estimate of drug-likeness (QED) is 0.0239. The lowest BCUT2D eigenvalue weighted by Gasteiger charge is -2.32. The Hall–Kier alpha value is -6.69. The molecule has 1 aliphatic carbocycles. The molecule has 0 amide bonds. The molecule has 6 aromatic heterocycles. The lowest BCUT2D eigenvalue weighted by molar-refractivity contribution is -0.145. The molecule has 4 aromatic carbocycles. The molecule has 10 aromatic rings. The Labute approximate surface area is 540 Å². The van der Waals surface area contributed by atoms with Crippen molar-refractivity contribution >= 4 is 74.0 Å². The number of unbranched alkanes of at least 4 members (excludes halogenated alkanes) is 8. The fraction of sp³-hybridized carbons (Fsp3) is 0.269. The van der Waals surface area contributed by atoms with Crippen molar-refractivity contribution in [1.82, 2.24) is 0 Å². The molecule has 0 atom stereocenters. The van der Waals surface area contributed by atoms with Gasteiger partial charge < -0.3 is 9.47 Å². The zero-order chi connectivity index (χ0) is 60.1. The molecule has 444 valence electrons. The molecule has 0 saturated heterocycles. The SMILES string of the molecule is C=CC(C=C)Cc1ccc(-c2ccc(-c3ccc(-c4ccc(-c5ccc6c(c5)C(CCC)(CCC)c5cc(-c7ccc(-c8ccc(-c9ccc(-c%10ccc(OCCCCCCCCCCCC(=O)OC(C=C)C=C)cc%10)s9)s8)s7)ccc5-6)s4)s3)s2)cc1. The van der Waals surface area contributed by atoms with Crippen LogP contribution in [0.25, 0.3) is 91.9 Å². The molecule has 0 aliphatic heterocycles. The van der Waals surface area contributed by atoms with E-state index in [-0.39, 0.29) is 17.5 Å². The largest absolute Gasteiger partial charge is 0.494 e. The summed E-state index contributed by atoms with van der Waals surface area (Å²) in [5, 5.41) is 0. The molecular formula is C78H78O3S6. The number of thiophene rings is 6. The number of hydrogen-bond acceptors (Lipinski definition) is 9. The van der Waals surface area contributed by atoms with E-state index in [1.165, 1.54) is 141 Å². The molecule has 0 spiro atoms. The zero-order valence-corrected chi connectivity index (χ0v) is 55.2. The average molecular weight is 1260 g/mol. The number of allylic oxidation sites excluding steroid dienone is 2. The number of carbonyl (C=O) groups excluding carboxylic acids is 1. The average Bonchev–Trinajstić information content (AvgIpc) is 1.60. The minimum Gasteiger partial charge on any atom is -0.494 e. The number of rotatable bonds is 32. The van der Waals surface area contributed by atoms with Crippen LogP contribution < -0.4 is 4.74 Å². The third-order valence-corrected chi connectivity index (χ3v) is 24.4. The maximum Gasteiger partial charge on any atom is 0.306 e. The van der Waals surface area contributed by atoms with Gasteiger partial charge in [-0.3, -0.25) is 4.79 Å². The second-order valence-corrected chi connectivity index (χ2v) is 29.4. The predicted octanol–water partition coefficient (Wildman–Crippen LogP) is 25.4. The molecule has 1 aliphatic rings. The van der Waals surface area contributed by atoms with Crippen molar-refractivity contribution in [2.24, 2.45) is 5.92 Å². The number of hydrogen-bond donors (Lipinski definition) is 0. The lowest BCUT2D eigenvalue weighted by atomic mass is 9.71. The van der Waals surface area contributed by atoms with Crippen LogP contribution in [-0.2, 0) is 21.4 Å². The smallest absolute Gasteiger partial charge is 0.306 e. The van der Waals surface area contributed by atoms with Crippen molar-refractivity contribution in [3.63, 3.8) is 0 Å². The van der Waals surface area contributed by atoms with Gasteiger partial charge in [0.1, 0.15) is 11.9 Å². The number of esters is 1. The molecule has 0 radical (unpaired) electrons. The molecular weight excluding hydrogens is 1180 g/mol. The highest BCUT2D eigenvalue weighted by Gasteiger charge is 2.42. The zero-order valence-electron chi connectivity index (χ0n) is 50.3. The van der Waals surface area contributed by atoms with Crippen LogP contribution in [0.5, 0.6) is 5.75 Å². The number of ether oxygens (including phenoxy) is 2. The Bertz CT molecular complexity index is 3920. The minimum absolute atomic E-state index is 0.0314. The molecule has 0 saturated carbocycles. The van der Waals surface area contributed by atoms with E-state index in [0.29, 0.717) is 12.3 Å². The van der Waals surface area contributed by atoms with E-state index in [4.69, 9.17) is 9.47 Å². The van der Waals surface area contributed by atoms with Gasteiger partial charge in [-0.15, -0.1) is 81.2 Å². The van der Waals surface area contributed by atoms with Crippen LogP contribution in [0.15, 0.2) is 208 Å². The van der Waals surface area contributed by atoms with Gasteiger partial charge in [0, 0.05) is 70.4 Å². The highest BCUT2D eigenvalue weighted by Crippen LogP contribution is 2.56. The summed E-state index contributed by atoms with van der Waals surface area (Å²) in [6.07, 6.45) is 22.9. The van der Waals surface area contributed by atoms with Crippen molar-refractivity contribution in [2.45, 2.75) is 122 Å². The molecule has 11 rings (SSSR count). The highest BCUT2D eigenvalue weighted by atomic mass is 32.1. The van der Waals surface area contributed by atoms with Gasteiger partial charge in [0.05, 0.1) is 6.61 Å². The lowest BCUT2D eigenvalue weighted by Crippen LogP contribution is -2.25. The Morgan fingerprint density at radius 3 is 1.18 bits per heavy atom. The van der Waals surface area contributed by atoms with Gasteiger partial charge in [-0.1, -0.05) is 145 Å². The van der Waals surface area contributed by atoms with Crippen LogP contribution >= 0.6 is 68.0 Å². The first-order valence-corrected chi connectivity index (χ1v) is 36.0. The van der Waals surface area contributed by atoms with Gasteiger partial charge >= 0.3 is 5.97 Å². The summed E-state index contributed by atoms with van der Waals surface area (Å²) in [5.41, 5.74) is 12.2. The summed E-state index contributed by atoms with van der Waals surface area (Å²) in [6.45, 7) is 20.7. The topological polar surface area (TPSA) is 35.5 Å². The fourth-order valence-electron chi connectivity index (χ4n) is 12.3. The molecule has 0 fully saturated rings. The van der Waals surface area contributed by atoms with Gasteiger partial charge in [0.25, 0.3) is 0 Å². The third kappa shape index (κ3) is 14.6. The van der Waals surface area contributed by atoms with Crippen molar-refractivity contribution in [3.05, 3.63) is 225 Å². The molecule has 87 heavy (non-hydrogen) atoms. The first kappa shape index (κ1) is 61.9. The third-order valence-electron chi connectivity index (χ3n) is 16.9. The highest BCUT2D eigenvalue weighted by molar-refractivity contribution is 7.28. The van der Waals surface area contributed by atoms with Gasteiger partial charge in [-0.05, 0) is 209 Å². The second-order valence-electron chi connectivity index (χ2n) is 22.9. The van der Waals surface area contributed by atoms with Gasteiger partial charge in [-0.25, -0.2) is 0 Å². The number of fused-ring (bicyclic) bond motifs is 3. The van der Waals surface area contributed by atoms with Crippen LogP contribution in [0.2, 0.25) is 0 Å². The predicted molar refractivity (Wildman–Crippen MR) is 383 cm³/mol. The summed E-state index contributed by atoms with van der Waals surface area (Å²) < 4.78 is 11.4. The first-order chi connectivity index (χ1) is 42.7. The Balaban J connectivity index is 0.686. The van der Waals surface area contributed by atoms with Crippen molar-refractivity contribution < 1.29 is 14.3 Å². The van der Waals surface area contributed by atoms with E-state index in [0.717, 1.165) is 70.1 Å². The van der Waals surface area contributed by atoms with E-state index < -0.39 is 0 Å². The van der Waals surface area contributed by atoms with E-state index in [9.17, 15) is 4.79 Å². The molecule has 9 heteroatoms.